The van der Waals surface area contributed by atoms with Crippen molar-refractivity contribution in [3.05, 3.63) is 67.3 Å². The van der Waals surface area contributed by atoms with Gasteiger partial charge in [-0.2, -0.15) is 8.42 Å². The lowest BCUT2D eigenvalue weighted by molar-refractivity contribution is 0.350. The minimum atomic E-state index is -3.77. The van der Waals surface area contributed by atoms with Crippen molar-refractivity contribution in [1.82, 2.24) is 9.19 Å². The molecular weight excluding hydrogens is 300 g/mol. The van der Waals surface area contributed by atoms with Gasteiger partial charge in [0.2, 0.25) is 5.88 Å². The molecule has 0 saturated carbocycles. The van der Waals surface area contributed by atoms with E-state index in [-0.39, 0.29) is 17.4 Å². The number of para-hydroxylation sites is 1. The topological polar surface area (TPSA) is 61.2 Å². The molecule has 0 aliphatic rings. The molecule has 22 heavy (non-hydrogen) atoms. The molecule has 3 rings (SSSR count). The molecule has 3 aromatic rings. The highest BCUT2D eigenvalue weighted by Gasteiger charge is 2.23. The van der Waals surface area contributed by atoms with Gasteiger partial charge in [0.05, 0.1) is 15.8 Å². The molecule has 1 heterocycles. The summed E-state index contributed by atoms with van der Waals surface area (Å²) in [5.41, 5.74) is 0.477. The van der Waals surface area contributed by atoms with Gasteiger partial charge in [-0.15, -0.1) is 9.19 Å². The van der Waals surface area contributed by atoms with E-state index in [0.29, 0.717) is 10.9 Å². The van der Waals surface area contributed by atoms with E-state index < -0.39 is 10.0 Å². The summed E-state index contributed by atoms with van der Waals surface area (Å²) < 4.78 is 32.0. The normalized spacial score (nSPS) is 11.5. The van der Waals surface area contributed by atoms with Crippen LogP contribution in [-0.4, -0.2) is 24.2 Å². The third kappa shape index (κ3) is 2.37. The Labute approximate surface area is 128 Å². The van der Waals surface area contributed by atoms with E-state index in [2.05, 4.69) is 11.7 Å². The Kier molecular flexibility index (Phi) is 3.68. The van der Waals surface area contributed by atoms with Gasteiger partial charge < -0.3 is 4.74 Å². The second kappa shape index (κ2) is 5.65. The average Bonchev–Trinajstić information content (AvgIpc) is 2.93. The van der Waals surface area contributed by atoms with Crippen LogP contribution in [0.5, 0.6) is 5.88 Å². The highest BCUT2D eigenvalue weighted by atomic mass is 32.2. The van der Waals surface area contributed by atoms with Gasteiger partial charge in [0.15, 0.2) is 0 Å². The van der Waals surface area contributed by atoms with Crippen molar-refractivity contribution in [3.8, 4) is 5.88 Å². The van der Waals surface area contributed by atoms with E-state index in [4.69, 9.17) is 4.74 Å². The van der Waals surface area contributed by atoms with Crippen LogP contribution < -0.4 is 4.74 Å². The van der Waals surface area contributed by atoms with Crippen molar-refractivity contribution in [2.45, 2.75) is 4.90 Å². The third-order valence-electron chi connectivity index (χ3n) is 3.13. The van der Waals surface area contributed by atoms with E-state index >= 15 is 0 Å². The molecule has 0 amide bonds. The predicted molar refractivity (Wildman–Crippen MR) is 84.5 cm³/mol. The van der Waals surface area contributed by atoms with Gasteiger partial charge >= 0.3 is 0 Å². The summed E-state index contributed by atoms with van der Waals surface area (Å²) in [4.78, 5) is 0.179. The Morgan fingerprint density at radius 2 is 1.77 bits per heavy atom. The Bertz CT molecular complexity index is 915. The Morgan fingerprint density at radius 3 is 2.50 bits per heavy atom. The zero-order chi connectivity index (χ0) is 15.6. The summed E-state index contributed by atoms with van der Waals surface area (Å²) in [5, 5.41) is 4.78. The number of rotatable bonds is 5. The van der Waals surface area contributed by atoms with Crippen LogP contribution in [0.1, 0.15) is 0 Å². The van der Waals surface area contributed by atoms with E-state index in [9.17, 15) is 8.42 Å². The molecule has 6 heteroatoms. The van der Waals surface area contributed by atoms with Crippen molar-refractivity contribution < 1.29 is 13.2 Å². The maximum absolute atomic E-state index is 12.8. The monoisotopic (exact) mass is 314 g/mol. The summed E-state index contributed by atoms with van der Waals surface area (Å²) in [5.74, 6) is 0.273. The molecule has 0 unspecified atom stereocenters. The maximum Gasteiger partial charge on any atom is 0.283 e. The fourth-order valence-electron chi connectivity index (χ4n) is 2.13. The minimum Gasteiger partial charge on any atom is -0.472 e. The van der Waals surface area contributed by atoms with Gasteiger partial charge in [0.1, 0.15) is 6.61 Å². The lowest BCUT2D eigenvalue weighted by atomic mass is 10.2. The summed E-state index contributed by atoms with van der Waals surface area (Å²) >= 11 is 0. The van der Waals surface area contributed by atoms with Crippen LogP contribution in [0.3, 0.4) is 0 Å². The van der Waals surface area contributed by atoms with Gasteiger partial charge in [0.25, 0.3) is 10.0 Å². The highest BCUT2D eigenvalue weighted by molar-refractivity contribution is 7.90. The number of fused-ring (bicyclic) bond motifs is 1. The lowest BCUT2D eigenvalue weighted by Gasteiger charge is -2.05. The van der Waals surface area contributed by atoms with E-state index in [0.717, 1.165) is 4.09 Å². The molecule has 2 aromatic carbocycles. The van der Waals surface area contributed by atoms with E-state index in [1.54, 1.807) is 42.5 Å². The van der Waals surface area contributed by atoms with Gasteiger partial charge in [-0.1, -0.05) is 43.0 Å². The van der Waals surface area contributed by atoms with Crippen LogP contribution >= 0.6 is 0 Å². The SMILES string of the molecule is C=CCOc1nn(S(=O)(=O)c2ccccc2)c2ccccc12. The van der Waals surface area contributed by atoms with Gasteiger partial charge in [0, 0.05) is 0 Å². The predicted octanol–water partition coefficient (Wildman–Crippen LogP) is 2.84. The van der Waals surface area contributed by atoms with Crippen molar-refractivity contribution in [3.63, 3.8) is 0 Å². The van der Waals surface area contributed by atoms with Gasteiger partial charge in [-0.05, 0) is 24.3 Å². The smallest absolute Gasteiger partial charge is 0.283 e. The van der Waals surface area contributed by atoms with Crippen LogP contribution in [0, 0.1) is 0 Å². The summed E-state index contributed by atoms with van der Waals surface area (Å²) in [7, 11) is -3.77. The van der Waals surface area contributed by atoms with Crippen LogP contribution in [0.2, 0.25) is 0 Å². The van der Waals surface area contributed by atoms with Crippen molar-refractivity contribution in [1.29, 1.82) is 0 Å². The lowest BCUT2D eigenvalue weighted by Crippen LogP contribution is -2.14. The van der Waals surface area contributed by atoms with Crippen LogP contribution in [-0.2, 0) is 10.0 Å². The van der Waals surface area contributed by atoms with Crippen molar-refractivity contribution in [2.24, 2.45) is 0 Å². The number of nitrogens with zero attached hydrogens (tertiary/aromatic N) is 2. The first-order chi connectivity index (χ1) is 10.6. The van der Waals surface area contributed by atoms with Gasteiger partial charge in [-0.25, -0.2) is 0 Å². The molecular formula is C16H14N2O3S. The first-order valence-electron chi connectivity index (χ1n) is 6.66. The number of ether oxygens (including phenoxy) is 1. The molecule has 5 nitrogen and oxygen atoms in total. The second-order valence-corrected chi connectivity index (χ2v) is 6.35. The fraction of sp³-hybridized carbons (Fsp3) is 0.0625. The number of hydrogen-bond acceptors (Lipinski definition) is 4. The Morgan fingerprint density at radius 1 is 1.09 bits per heavy atom. The summed E-state index contributed by atoms with van der Waals surface area (Å²) in [6.45, 7) is 3.84. The summed E-state index contributed by atoms with van der Waals surface area (Å²) in [6.07, 6.45) is 1.58. The maximum atomic E-state index is 12.8. The van der Waals surface area contributed by atoms with Crippen LogP contribution in [0.25, 0.3) is 10.9 Å². The molecule has 0 fully saturated rings. The molecule has 0 radical (unpaired) electrons. The minimum absolute atomic E-state index is 0.179. The number of hydrogen-bond donors (Lipinski definition) is 0. The second-order valence-electron chi connectivity index (χ2n) is 4.58. The molecule has 0 N–H and O–H groups in total. The average molecular weight is 314 g/mol. The quantitative estimate of drug-likeness (QED) is 0.679. The molecule has 0 atom stereocenters. The van der Waals surface area contributed by atoms with E-state index in [1.165, 1.54) is 12.1 Å². The molecule has 0 aliphatic heterocycles. The summed E-state index contributed by atoms with van der Waals surface area (Å²) in [6, 6.07) is 15.2. The number of aromatic nitrogens is 2. The highest BCUT2D eigenvalue weighted by Crippen LogP contribution is 2.27. The Hall–Kier alpha value is -2.60. The van der Waals surface area contributed by atoms with E-state index in [1.807, 2.05) is 6.07 Å². The largest absolute Gasteiger partial charge is 0.472 e. The van der Waals surface area contributed by atoms with Crippen molar-refractivity contribution >= 4 is 20.9 Å². The Balaban J connectivity index is 2.21. The number of benzene rings is 2. The first kappa shape index (κ1) is 14.3. The molecule has 0 saturated heterocycles. The first-order valence-corrected chi connectivity index (χ1v) is 8.10. The molecule has 0 spiro atoms. The third-order valence-corrected chi connectivity index (χ3v) is 4.73. The van der Waals surface area contributed by atoms with Crippen LogP contribution in [0.4, 0.5) is 0 Å². The fourth-order valence-corrected chi connectivity index (χ4v) is 3.43. The molecule has 0 bridgehead atoms. The molecule has 112 valence electrons. The van der Waals surface area contributed by atoms with Crippen molar-refractivity contribution in [2.75, 3.05) is 6.61 Å². The zero-order valence-electron chi connectivity index (χ0n) is 11.7. The zero-order valence-corrected chi connectivity index (χ0v) is 12.5. The van der Waals surface area contributed by atoms with Crippen LogP contribution in [0.15, 0.2) is 72.1 Å². The van der Waals surface area contributed by atoms with Gasteiger partial charge in [-0.3, -0.25) is 0 Å². The molecule has 1 aromatic heterocycles. The molecule has 0 aliphatic carbocycles. The standard InChI is InChI=1S/C16H14N2O3S/c1-2-12-21-16-14-10-6-7-11-15(14)18(17-16)22(19,20)13-8-4-3-5-9-13/h2-11H,1,12H2.